The molecule has 1 atom stereocenters. The first-order chi connectivity index (χ1) is 15.8. The summed E-state index contributed by atoms with van der Waals surface area (Å²) in [5.41, 5.74) is 2.44. The molecule has 0 radical (unpaired) electrons. The third kappa shape index (κ3) is 4.56. The van der Waals surface area contributed by atoms with Crippen molar-refractivity contribution in [2.45, 2.75) is 25.5 Å². The fourth-order valence-corrected chi connectivity index (χ4v) is 4.15. The van der Waals surface area contributed by atoms with E-state index in [0.29, 0.717) is 31.3 Å². The number of hydrogen-bond donors (Lipinski definition) is 1. The predicted octanol–water partition coefficient (Wildman–Crippen LogP) is 3.00. The lowest BCUT2D eigenvalue weighted by molar-refractivity contribution is 0.0383. The zero-order chi connectivity index (χ0) is 23.6. The predicted molar refractivity (Wildman–Crippen MR) is 125 cm³/mol. The summed E-state index contributed by atoms with van der Waals surface area (Å²) >= 11 is 0. The Balaban J connectivity index is 1.51. The molecule has 170 valence electrons. The Kier molecular flexibility index (Phi) is 6.11. The SMILES string of the molecule is CN(C)C[C@@H](OC(=O)N1CC2=C(CN=C2Nc2ccnc(C#N)n2)C1(C)C)c1ccccc1. The Morgan fingerprint density at radius 3 is 2.76 bits per heavy atom. The lowest BCUT2D eigenvalue weighted by Crippen LogP contribution is -2.47. The number of nitriles is 1. The Hall–Kier alpha value is -3.77. The van der Waals surface area contributed by atoms with E-state index in [1.807, 2.05) is 69.2 Å². The standard InChI is InChI=1S/C24H27N7O2/c1-24(2)18-13-27-22(29-20-10-11-26-21(12-25)28-20)17(18)14-31(24)23(32)33-19(15-30(3)4)16-8-6-5-7-9-16/h5-11,19H,13-15H2,1-4H3,(H,26,27,28,29)/t19-/m1/s1. The maximum Gasteiger partial charge on any atom is 0.411 e. The Morgan fingerprint density at radius 2 is 2.06 bits per heavy atom. The summed E-state index contributed by atoms with van der Waals surface area (Å²) in [6.07, 6.45) is 0.782. The number of rotatable bonds is 5. The average Bonchev–Trinajstić information content (AvgIpc) is 3.31. The summed E-state index contributed by atoms with van der Waals surface area (Å²) in [4.78, 5) is 29.8. The number of ether oxygens (including phenoxy) is 1. The molecule has 1 aromatic carbocycles. The normalized spacial score (nSPS) is 17.5. The van der Waals surface area contributed by atoms with Crippen molar-refractivity contribution in [1.29, 1.82) is 5.26 Å². The molecular formula is C24H27N7O2. The van der Waals surface area contributed by atoms with Gasteiger partial charge in [0.25, 0.3) is 0 Å². The van der Waals surface area contributed by atoms with Crippen molar-refractivity contribution in [3.05, 3.63) is 65.1 Å². The molecule has 4 rings (SSSR count). The minimum Gasteiger partial charge on any atom is -0.440 e. The third-order valence-corrected chi connectivity index (χ3v) is 5.94. The summed E-state index contributed by atoms with van der Waals surface area (Å²) in [5, 5.41) is 12.2. The minimum atomic E-state index is -0.539. The molecule has 3 heterocycles. The summed E-state index contributed by atoms with van der Waals surface area (Å²) in [5.74, 6) is 1.23. The third-order valence-electron chi connectivity index (χ3n) is 5.94. The number of aromatic nitrogens is 2. The highest BCUT2D eigenvalue weighted by Crippen LogP contribution is 2.39. The van der Waals surface area contributed by atoms with Crippen LogP contribution in [0.5, 0.6) is 0 Å². The number of amidine groups is 1. The molecule has 1 N–H and O–H groups in total. The van der Waals surface area contributed by atoms with E-state index in [1.54, 1.807) is 11.0 Å². The van der Waals surface area contributed by atoms with Gasteiger partial charge in [-0.3, -0.25) is 9.89 Å². The summed E-state index contributed by atoms with van der Waals surface area (Å²) in [7, 11) is 3.91. The fourth-order valence-electron chi connectivity index (χ4n) is 4.15. The summed E-state index contributed by atoms with van der Waals surface area (Å²) in [6, 6.07) is 13.4. The summed E-state index contributed by atoms with van der Waals surface area (Å²) in [6.45, 7) is 5.48. The first-order valence-electron chi connectivity index (χ1n) is 10.7. The number of carbonyl (C=O) groups is 1. The van der Waals surface area contributed by atoms with Gasteiger partial charge in [0.1, 0.15) is 23.8 Å². The highest BCUT2D eigenvalue weighted by Gasteiger charge is 2.46. The number of benzene rings is 1. The number of hydrogen-bond acceptors (Lipinski definition) is 8. The van der Waals surface area contributed by atoms with Crippen LogP contribution < -0.4 is 5.32 Å². The van der Waals surface area contributed by atoms with E-state index in [-0.39, 0.29) is 18.0 Å². The Labute approximate surface area is 193 Å². The van der Waals surface area contributed by atoms with Crippen LogP contribution in [0.2, 0.25) is 0 Å². The second-order valence-electron chi connectivity index (χ2n) is 8.81. The van der Waals surface area contributed by atoms with E-state index in [1.165, 1.54) is 6.20 Å². The van der Waals surface area contributed by atoms with Gasteiger partial charge in [0.05, 0.1) is 18.6 Å². The van der Waals surface area contributed by atoms with Gasteiger partial charge < -0.3 is 15.0 Å². The molecule has 9 heteroatoms. The molecule has 2 aliphatic heterocycles. The number of amides is 1. The Morgan fingerprint density at radius 1 is 1.30 bits per heavy atom. The van der Waals surface area contributed by atoms with E-state index >= 15 is 0 Å². The van der Waals surface area contributed by atoms with Gasteiger partial charge in [-0.05, 0) is 45.1 Å². The second-order valence-corrected chi connectivity index (χ2v) is 8.81. The minimum absolute atomic E-state index is 0.0811. The van der Waals surface area contributed by atoms with E-state index in [2.05, 4.69) is 20.3 Å². The molecule has 0 saturated heterocycles. The van der Waals surface area contributed by atoms with E-state index in [4.69, 9.17) is 10.00 Å². The maximum absolute atomic E-state index is 13.3. The molecule has 1 amide bonds. The van der Waals surface area contributed by atoms with Crippen LogP contribution in [-0.4, -0.2) is 71.0 Å². The molecule has 0 saturated carbocycles. The lowest BCUT2D eigenvalue weighted by atomic mass is 9.94. The molecule has 0 fully saturated rings. The molecule has 2 aliphatic rings. The highest BCUT2D eigenvalue weighted by molar-refractivity contribution is 6.11. The van der Waals surface area contributed by atoms with Crippen LogP contribution in [0.1, 0.15) is 31.3 Å². The molecule has 9 nitrogen and oxygen atoms in total. The lowest BCUT2D eigenvalue weighted by Gasteiger charge is -2.35. The van der Waals surface area contributed by atoms with Gasteiger partial charge in [0.15, 0.2) is 0 Å². The van der Waals surface area contributed by atoms with Crippen LogP contribution in [0.15, 0.2) is 58.7 Å². The van der Waals surface area contributed by atoms with E-state index in [9.17, 15) is 4.79 Å². The van der Waals surface area contributed by atoms with Gasteiger partial charge in [0, 0.05) is 18.3 Å². The zero-order valence-electron chi connectivity index (χ0n) is 19.2. The van der Waals surface area contributed by atoms with Crippen molar-refractivity contribution in [3.63, 3.8) is 0 Å². The first kappa shape index (κ1) is 22.4. The topological polar surface area (TPSA) is 107 Å². The summed E-state index contributed by atoms with van der Waals surface area (Å²) < 4.78 is 6.02. The van der Waals surface area contributed by atoms with Crippen molar-refractivity contribution in [1.82, 2.24) is 19.8 Å². The van der Waals surface area contributed by atoms with Crippen molar-refractivity contribution < 1.29 is 9.53 Å². The van der Waals surface area contributed by atoms with Crippen LogP contribution in [0, 0.1) is 11.3 Å². The van der Waals surface area contributed by atoms with Gasteiger partial charge in [0.2, 0.25) is 5.82 Å². The zero-order valence-corrected chi connectivity index (χ0v) is 19.2. The van der Waals surface area contributed by atoms with E-state index in [0.717, 1.165) is 16.7 Å². The van der Waals surface area contributed by atoms with Crippen molar-refractivity contribution in [2.75, 3.05) is 39.0 Å². The van der Waals surface area contributed by atoms with Crippen molar-refractivity contribution in [2.24, 2.45) is 4.99 Å². The molecule has 33 heavy (non-hydrogen) atoms. The average molecular weight is 446 g/mol. The monoisotopic (exact) mass is 445 g/mol. The number of nitrogens with zero attached hydrogens (tertiary/aromatic N) is 6. The van der Waals surface area contributed by atoms with Crippen LogP contribution in [-0.2, 0) is 4.74 Å². The van der Waals surface area contributed by atoms with Crippen LogP contribution >= 0.6 is 0 Å². The maximum atomic E-state index is 13.3. The highest BCUT2D eigenvalue weighted by atomic mass is 16.6. The molecule has 2 aromatic rings. The molecule has 0 aliphatic carbocycles. The quantitative estimate of drug-likeness (QED) is 0.754. The van der Waals surface area contributed by atoms with Crippen molar-refractivity contribution >= 4 is 17.7 Å². The van der Waals surface area contributed by atoms with Crippen LogP contribution in [0.25, 0.3) is 0 Å². The van der Waals surface area contributed by atoms with Gasteiger partial charge >= 0.3 is 6.09 Å². The first-order valence-corrected chi connectivity index (χ1v) is 10.7. The number of aliphatic imine (C=N–C) groups is 1. The molecule has 1 aromatic heterocycles. The van der Waals surface area contributed by atoms with Crippen LogP contribution in [0.4, 0.5) is 10.6 Å². The van der Waals surface area contributed by atoms with Gasteiger partial charge in [-0.25, -0.2) is 14.8 Å². The fraction of sp³-hybridized carbons (Fsp3) is 0.375. The Bertz CT molecular complexity index is 1150. The van der Waals surface area contributed by atoms with Crippen molar-refractivity contribution in [3.8, 4) is 6.07 Å². The number of anilines is 1. The van der Waals surface area contributed by atoms with E-state index < -0.39 is 5.54 Å². The molecular weight excluding hydrogens is 418 g/mol. The smallest absolute Gasteiger partial charge is 0.411 e. The second kappa shape index (κ2) is 9.00. The number of carbonyl (C=O) groups excluding carboxylic acids is 1. The van der Waals surface area contributed by atoms with Gasteiger partial charge in [-0.15, -0.1) is 0 Å². The number of nitrogens with one attached hydrogen (secondary N) is 1. The largest absolute Gasteiger partial charge is 0.440 e. The van der Waals surface area contributed by atoms with Crippen LogP contribution in [0.3, 0.4) is 0 Å². The van der Waals surface area contributed by atoms with Gasteiger partial charge in [-0.2, -0.15) is 5.26 Å². The molecule has 0 bridgehead atoms. The van der Waals surface area contributed by atoms with Gasteiger partial charge in [-0.1, -0.05) is 30.3 Å². The number of likely N-dealkylation sites (N-methyl/N-ethyl adjacent to an activating group) is 1. The molecule has 0 spiro atoms. The molecule has 0 unspecified atom stereocenters.